The summed E-state index contributed by atoms with van der Waals surface area (Å²) in [5.41, 5.74) is 0. The fourth-order valence-corrected chi connectivity index (χ4v) is 1.20. The van der Waals surface area contributed by atoms with Crippen LogP contribution in [-0.4, -0.2) is 37.8 Å². The SMILES string of the molecule is CCOC(=O)NC(=O)COC(=O)COc1cccc(F)c1. The van der Waals surface area contributed by atoms with Crippen molar-refractivity contribution in [1.82, 2.24) is 5.32 Å². The number of hydrogen-bond donors (Lipinski definition) is 1. The molecule has 1 aromatic rings. The average Bonchev–Trinajstić information content (AvgIpc) is 2.43. The van der Waals surface area contributed by atoms with Gasteiger partial charge in [-0.2, -0.15) is 0 Å². The predicted octanol–water partition coefficient (Wildman–Crippen LogP) is 1.02. The van der Waals surface area contributed by atoms with E-state index >= 15 is 0 Å². The molecular formula is C13H14FNO6. The van der Waals surface area contributed by atoms with Crippen LogP contribution >= 0.6 is 0 Å². The molecule has 0 fully saturated rings. The van der Waals surface area contributed by atoms with Crippen molar-refractivity contribution >= 4 is 18.0 Å². The van der Waals surface area contributed by atoms with Gasteiger partial charge < -0.3 is 14.2 Å². The van der Waals surface area contributed by atoms with Crippen molar-refractivity contribution in [1.29, 1.82) is 0 Å². The zero-order valence-corrected chi connectivity index (χ0v) is 11.3. The van der Waals surface area contributed by atoms with Gasteiger partial charge in [0.1, 0.15) is 11.6 Å². The Balaban J connectivity index is 2.25. The van der Waals surface area contributed by atoms with Gasteiger partial charge in [0.05, 0.1) is 6.61 Å². The summed E-state index contributed by atoms with van der Waals surface area (Å²) in [7, 11) is 0. The van der Waals surface area contributed by atoms with Gasteiger partial charge in [-0.25, -0.2) is 14.0 Å². The monoisotopic (exact) mass is 299 g/mol. The summed E-state index contributed by atoms with van der Waals surface area (Å²) in [5.74, 6) is -2.01. The zero-order chi connectivity index (χ0) is 15.7. The van der Waals surface area contributed by atoms with Crippen molar-refractivity contribution in [3.05, 3.63) is 30.1 Å². The summed E-state index contributed by atoms with van der Waals surface area (Å²) in [6.45, 7) is 0.550. The summed E-state index contributed by atoms with van der Waals surface area (Å²) in [6.07, 6.45) is -0.922. The highest BCUT2D eigenvalue weighted by Gasteiger charge is 2.11. The molecule has 8 heteroatoms. The van der Waals surface area contributed by atoms with Crippen molar-refractivity contribution in [2.24, 2.45) is 0 Å². The average molecular weight is 299 g/mol. The molecule has 0 atom stereocenters. The first kappa shape index (κ1) is 16.4. The molecule has 0 saturated carbocycles. The minimum atomic E-state index is -0.922. The lowest BCUT2D eigenvalue weighted by molar-refractivity contribution is -0.150. The van der Waals surface area contributed by atoms with Crippen molar-refractivity contribution in [3.63, 3.8) is 0 Å². The molecule has 0 saturated heterocycles. The Labute approximate surface area is 120 Å². The molecule has 1 aromatic carbocycles. The summed E-state index contributed by atoms with van der Waals surface area (Å²) < 4.78 is 26.8. The van der Waals surface area contributed by atoms with E-state index in [2.05, 4.69) is 9.47 Å². The largest absolute Gasteiger partial charge is 0.482 e. The lowest BCUT2D eigenvalue weighted by atomic mass is 10.3. The van der Waals surface area contributed by atoms with Crippen LogP contribution in [0.15, 0.2) is 24.3 Å². The van der Waals surface area contributed by atoms with Crippen molar-refractivity contribution in [2.75, 3.05) is 19.8 Å². The van der Waals surface area contributed by atoms with Crippen LogP contribution in [0.25, 0.3) is 0 Å². The van der Waals surface area contributed by atoms with Gasteiger partial charge in [0.2, 0.25) is 0 Å². The van der Waals surface area contributed by atoms with Crippen molar-refractivity contribution < 1.29 is 33.0 Å². The van der Waals surface area contributed by atoms with Crippen molar-refractivity contribution in [3.8, 4) is 5.75 Å². The molecule has 0 unspecified atom stereocenters. The van der Waals surface area contributed by atoms with Gasteiger partial charge in [0.25, 0.3) is 5.91 Å². The number of amides is 2. The number of halogens is 1. The number of carbonyl (C=O) groups is 3. The minimum absolute atomic E-state index is 0.111. The zero-order valence-electron chi connectivity index (χ0n) is 11.3. The van der Waals surface area contributed by atoms with Gasteiger partial charge in [0.15, 0.2) is 13.2 Å². The van der Waals surface area contributed by atoms with Crippen LogP contribution in [0.2, 0.25) is 0 Å². The van der Waals surface area contributed by atoms with E-state index in [1.807, 2.05) is 5.32 Å². The van der Waals surface area contributed by atoms with E-state index in [-0.39, 0.29) is 12.4 Å². The summed E-state index contributed by atoms with van der Waals surface area (Å²) in [5, 5.41) is 1.85. The van der Waals surface area contributed by atoms with Gasteiger partial charge in [-0.3, -0.25) is 10.1 Å². The molecule has 0 spiro atoms. The summed E-state index contributed by atoms with van der Waals surface area (Å²) in [6, 6.07) is 5.21. The Hall–Kier alpha value is -2.64. The van der Waals surface area contributed by atoms with Crippen LogP contribution < -0.4 is 10.1 Å². The number of esters is 1. The Bertz CT molecular complexity index is 519. The molecule has 0 aromatic heterocycles. The van der Waals surface area contributed by atoms with Crippen LogP contribution in [-0.2, 0) is 19.1 Å². The van der Waals surface area contributed by atoms with Crippen LogP contribution in [0.5, 0.6) is 5.75 Å². The number of carbonyl (C=O) groups excluding carboxylic acids is 3. The first-order valence-electron chi connectivity index (χ1n) is 6.02. The minimum Gasteiger partial charge on any atom is -0.482 e. The molecule has 114 valence electrons. The molecule has 1 rings (SSSR count). The van der Waals surface area contributed by atoms with Gasteiger partial charge in [0, 0.05) is 6.07 Å². The number of hydrogen-bond acceptors (Lipinski definition) is 6. The first-order valence-corrected chi connectivity index (χ1v) is 6.02. The van der Waals surface area contributed by atoms with E-state index < -0.39 is 37.0 Å². The van der Waals surface area contributed by atoms with Gasteiger partial charge in [-0.05, 0) is 19.1 Å². The molecule has 7 nitrogen and oxygen atoms in total. The summed E-state index contributed by atoms with van der Waals surface area (Å²) >= 11 is 0. The molecule has 0 aliphatic rings. The molecule has 0 aliphatic heterocycles. The number of nitrogens with one attached hydrogen (secondary N) is 1. The van der Waals surface area contributed by atoms with Crippen molar-refractivity contribution in [2.45, 2.75) is 6.92 Å². The number of alkyl carbamates (subject to hydrolysis) is 1. The quantitative estimate of drug-likeness (QED) is 0.789. The van der Waals surface area contributed by atoms with E-state index in [4.69, 9.17) is 4.74 Å². The Morgan fingerprint density at radius 1 is 1.19 bits per heavy atom. The normalized spacial score (nSPS) is 9.62. The highest BCUT2D eigenvalue weighted by Crippen LogP contribution is 2.11. The lowest BCUT2D eigenvalue weighted by Crippen LogP contribution is -2.35. The smallest absolute Gasteiger partial charge is 0.413 e. The standard InChI is InChI=1S/C13H14FNO6/c1-2-19-13(18)15-11(16)7-21-12(17)8-20-10-5-3-4-9(14)6-10/h3-6H,2,7-8H2,1H3,(H,15,16,18). The van der Waals surface area contributed by atoms with Crippen LogP contribution in [0.4, 0.5) is 9.18 Å². The molecule has 0 bridgehead atoms. The first-order chi connectivity index (χ1) is 10.0. The number of imide groups is 1. The number of benzene rings is 1. The third kappa shape index (κ3) is 6.90. The van der Waals surface area contributed by atoms with E-state index in [1.165, 1.54) is 18.2 Å². The predicted molar refractivity (Wildman–Crippen MR) is 68.0 cm³/mol. The lowest BCUT2D eigenvalue weighted by Gasteiger charge is -2.07. The second-order valence-corrected chi connectivity index (χ2v) is 3.68. The molecule has 0 aliphatic carbocycles. The third-order valence-corrected chi connectivity index (χ3v) is 2.03. The fraction of sp³-hybridized carbons (Fsp3) is 0.308. The molecular weight excluding hydrogens is 285 g/mol. The molecule has 1 N–H and O–H groups in total. The molecule has 21 heavy (non-hydrogen) atoms. The van der Waals surface area contributed by atoms with Gasteiger partial charge >= 0.3 is 12.1 Å². The highest BCUT2D eigenvalue weighted by atomic mass is 19.1. The highest BCUT2D eigenvalue weighted by molar-refractivity contribution is 5.93. The maximum absolute atomic E-state index is 12.8. The van der Waals surface area contributed by atoms with Gasteiger partial charge in [-0.15, -0.1) is 0 Å². The van der Waals surface area contributed by atoms with E-state index in [0.29, 0.717) is 0 Å². The van der Waals surface area contributed by atoms with E-state index in [0.717, 1.165) is 6.07 Å². The molecule has 0 radical (unpaired) electrons. The number of ether oxygens (including phenoxy) is 3. The maximum atomic E-state index is 12.8. The topological polar surface area (TPSA) is 90.9 Å². The van der Waals surface area contributed by atoms with Crippen LogP contribution in [0.1, 0.15) is 6.92 Å². The third-order valence-electron chi connectivity index (χ3n) is 2.03. The Morgan fingerprint density at radius 2 is 1.95 bits per heavy atom. The van der Waals surface area contributed by atoms with E-state index in [9.17, 15) is 18.8 Å². The molecule has 0 heterocycles. The second kappa shape index (κ2) is 8.51. The molecule has 2 amide bonds. The van der Waals surface area contributed by atoms with Crippen LogP contribution in [0, 0.1) is 5.82 Å². The number of rotatable bonds is 6. The summed E-state index contributed by atoms with van der Waals surface area (Å²) in [4.78, 5) is 33.3. The van der Waals surface area contributed by atoms with E-state index in [1.54, 1.807) is 6.92 Å². The second-order valence-electron chi connectivity index (χ2n) is 3.68. The Kier molecular flexibility index (Phi) is 6.66. The van der Waals surface area contributed by atoms with Gasteiger partial charge in [-0.1, -0.05) is 6.07 Å². The van der Waals surface area contributed by atoms with Crippen LogP contribution in [0.3, 0.4) is 0 Å². The fourth-order valence-electron chi connectivity index (χ4n) is 1.20. The maximum Gasteiger partial charge on any atom is 0.413 e. The Morgan fingerprint density at radius 3 is 2.62 bits per heavy atom.